The van der Waals surface area contributed by atoms with Crippen LogP contribution in [0.2, 0.25) is 0 Å². The maximum atomic E-state index is 12.6. The second-order valence-corrected chi connectivity index (χ2v) is 5.81. The van der Waals surface area contributed by atoms with Gasteiger partial charge < -0.3 is 5.32 Å². The maximum Gasteiger partial charge on any atom is 0.259 e. The Hall–Kier alpha value is -2.91. The quantitative estimate of drug-likeness (QED) is 0.777. The van der Waals surface area contributed by atoms with Crippen molar-refractivity contribution in [2.75, 3.05) is 5.32 Å². The molecule has 1 aromatic carbocycles. The number of hydrogen-bond acceptors (Lipinski definition) is 4. The van der Waals surface area contributed by atoms with E-state index in [1.54, 1.807) is 10.9 Å². The normalized spacial score (nSPS) is 10.2. The lowest BCUT2D eigenvalue weighted by Crippen LogP contribution is -2.12. The Labute approximate surface area is 137 Å². The highest BCUT2D eigenvalue weighted by Crippen LogP contribution is 2.27. The van der Waals surface area contributed by atoms with E-state index in [1.165, 1.54) is 11.3 Å². The lowest BCUT2D eigenvalue weighted by atomic mass is 10.2. The highest BCUT2D eigenvalue weighted by atomic mass is 32.1. The minimum absolute atomic E-state index is 0.206. The van der Waals surface area contributed by atoms with Gasteiger partial charge in [0.15, 0.2) is 0 Å². The predicted molar refractivity (Wildman–Crippen MR) is 90.2 cm³/mol. The minimum Gasteiger partial charge on any atom is -0.322 e. The van der Waals surface area contributed by atoms with Crippen LogP contribution in [-0.4, -0.2) is 15.7 Å². The first kappa shape index (κ1) is 15.0. The fourth-order valence-electron chi connectivity index (χ4n) is 2.18. The first-order chi connectivity index (χ1) is 11.3. The molecule has 2 aromatic heterocycles. The van der Waals surface area contributed by atoms with Crippen molar-refractivity contribution < 1.29 is 4.79 Å². The average molecular weight is 322 g/mol. The van der Waals surface area contributed by atoms with Crippen molar-refractivity contribution in [2.24, 2.45) is 0 Å². The second-order valence-electron chi connectivity index (χ2n) is 4.86. The summed E-state index contributed by atoms with van der Waals surface area (Å²) >= 11 is 1.53. The zero-order chi connectivity index (χ0) is 16.1. The van der Waals surface area contributed by atoms with E-state index in [0.717, 1.165) is 10.6 Å². The van der Waals surface area contributed by atoms with E-state index >= 15 is 0 Å². The van der Waals surface area contributed by atoms with E-state index in [-0.39, 0.29) is 5.91 Å². The van der Waals surface area contributed by atoms with Crippen molar-refractivity contribution in [1.29, 1.82) is 5.26 Å². The van der Waals surface area contributed by atoms with Gasteiger partial charge in [-0.25, -0.2) is 0 Å². The third-order valence-electron chi connectivity index (χ3n) is 3.25. The molecule has 3 aromatic rings. The number of hydrogen-bond donors (Lipinski definition) is 1. The van der Waals surface area contributed by atoms with E-state index in [0.29, 0.717) is 24.2 Å². The number of anilines is 1. The molecule has 0 fully saturated rings. The molecule has 0 unspecified atom stereocenters. The van der Waals surface area contributed by atoms with Gasteiger partial charge in [0.2, 0.25) is 0 Å². The van der Waals surface area contributed by atoms with Gasteiger partial charge in [0.05, 0.1) is 29.5 Å². The number of rotatable bonds is 5. The zero-order valence-electron chi connectivity index (χ0n) is 12.3. The van der Waals surface area contributed by atoms with E-state index in [1.807, 2.05) is 47.8 Å². The maximum absolute atomic E-state index is 12.6. The van der Waals surface area contributed by atoms with Gasteiger partial charge in [-0.3, -0.25) is 9.48 Å². The van der Waals surface area contributed by atoms with Gasteiger partial charge in [0.1, 0.15) is 5.69 Å². The largest absolute Gasteiger partial charge is 0.322 e. The molecule has 0 aliphatic rings. The molecule has 0 saturated heterocycles. The van der Waals surface area contributed by atoms with Crippen LogP contribution in [-0.2, 0) is 6.54 Å². The smallest absolute Gasteiger partial charge is 0.259 e. The number of aromatic nitrogens is 2. The molecular formula is C17H14N4OS. The number of para-hydroxylation sites is 1. The highest BCUT2D eigenvalue weighted by Gasteiger charge is 2.18. The fraction of sp³-hybridized carbons (Fsp3) is 0.118. The van der Waals surface area contributed by atoms with E-state index in [4.69, 9.17) is 5.26 Å². The molecule has 0 spiro atoms. The molecule has 0 aliphatic heterocycles. The summed E-state index contributed by atoms with van der Waals surface area (Å²) in [6.45, 7) is 0.466. The number of carbonyl (C=O) groups excluding carboxylic acids is 1. The van der Waals surface area contributed by atoms with Gasteiger partial charge in [0.25, 0.3) is 5.91 Å². The molecule has 1 N–H and O–H groups in total. The van der Waals surface area contributed by atoms with E-state index < -0.39 is 0 Å². The Balaban J connectivity index is 1.91. The van der Waals surface area contributed by atoms with Gasteiger partial charge in [-0.1, -0.05) is 24.3 Å². The van der Waals surface area contributed by atoms with Crippen molar-refractivity contribution >= 4 is 22.9 Å². The number of aryl methyl sites for hydroxylation is 1. The number of benzene rings is 1. The lowest BCUT2D eigenvalue weighted by molar-refractivity contribution is 0.102. The summed E-state index contributed by atoms with van der Waals surface area (Å²) < 4.78 is 1.65. The average Bonchev–Trinajstić information content (AvgIpc) is 3.23. The molecule has 2 heterocycles. The Morgan fingerprint density at radius 2 is 2.09 bits per heavy atom. The molecule has 0 radical (unpaired) electrons. The van der Waals surface area contributed by atoms with Gasteiger partial charge in [0, 0.05) is 11.9 Å². The Kier molecular flexibility index (Phi) is 4.50. The summed E-state index contributed by atoms with van der Waals surface area (Å²) in [5.41, 5.74) is 1.89. The predicted octanol–water partition coefficient (Wildman–Crippen LogP) is 3.78. The van der Waals surface area contributed by atoms with Crippen molar-refractivity contribution in [2.45, 2.75) is 13.0 Å². The molecule has 0 saturated carbocycles. The number of nitrogens with zero attached hydrogens (tertiary/aromatic N) is 3. The van der Waals surface area contributed by atoms with Crippen LogP contribution in [0.5, 0.6) is 0 Å². The molecule has 114 valence electrons. The molecular weight excluding hydrogens is 308 g/mol. The zero-order valence-corrected chi connectivity index (χ0v) is 13.1. The standard InChI is InChI=1S/C17H14N4OS/c18-9-5-10-21-12-14(16(20-21)15-8-4-11-23-15)17(22)19-13-6-2-1-3-7-13/h1-4,6-8,11-12H,5,10H2,(H,19,22). The molecule has 3 rings (SSSR count). The Morgan fingerprint density at radius 3 is 2.78 bits per heavy atom. The van der Waals surface area contributed by atoms with Crippen molar-refractivity contribution in [3.05, 3.63) is 59.6 Å². The monoisotopic (exact) mass is 322 g/mol. The van der Waals surface area contributed by atoms with Crippen molar-refractivity contribution in [3.63, 3.8) is 0 Å². The van der Waals surface area contributed by atoms with Crippen LogP contribution >= 0.6 is 11.3 Å². The van der Waals surface area contributed by atoms with Crippen LogP contribution < -0.4 is 5.32 Å². The van der Waals surface area contributed by atoms with Gasteiger partial charge in [-0.15, -0.1) is 11.3 Å². The molecule has 23 heavy (non-hydrogen) atoms. The number of nitriles is 1. The summed E-state index contributed by atoms with van der Waals surface area (Å²) in [6.07, 6.45) is 2.05. The highest BCUT2D eigenvalue weighted by molar-refractivity contribution is 7.13. The first-order valence-corrected chi connectivity index (χ1v) is 8.00. The first-order valence-electron chi connectivity index (χ1n) is 7.12. The molecule has 1 amide bonds. The van der Waals surface area contributed by atoms with Gasteiger partial charge in [-0.05, 0) is 23.6 Å². The van der Waals surface area contributed by atoms with Crippen LogP contribution in [0.3, 0.4) is 0 Å². The SMILES string of the molecule is N#CCCn1cc(C(=O)Nc2ccccc2)c(-c2cccs2)n1. The van der Waals surface area contributed by atoms with Crippen molar-refractivity contribution in [3.8, 4) is 16.6 Å². The molecule has 0 aliphatic carbocycles. The number of thiophene rings is 1. The summed E-state index contributed by atoms with van der Waals surface area (Å²) in [6, 6.07) is 15.2. The Morgan fingerprint density at radius 1 is 1.26 bits per heavy atom. The molecule has 0 bridgehead atoms. The van der Waals surface area contributed by atoms with Crippen LogP contribution in [0, 0.1) is 11.3 Å². The minimum atomic E-state index is -0.206. The van der Waals surface area contributed by atoms with Crippen LogP contribution in [0.4, 0.5) is 5.69 Å². The topological polar surface area (TPSA) is 70.7 Å². The third-order valence-corrected chi connectivity index (χ3v) is 4.12. The molecule has 5 nitrogen and oxygen atoms in total. The number of nitrogens with one attached hydrogen (secondary N) is 1. The second kappa shape index (κ2) is 6.90. The van der Waals surface area contributed by atoms with Crippen LogP contribution in [0.25, 0.3) is 10.6 Å². The van der Waals surface area contributed by atoms with Crippen LogP contribution in [0.15, 0.2) is 54.0 Å². The summed E-state index contributed by atoms with van der Waals surface area (Å²) in [5, 5.41) is 18.0. The van der Waals surface area contributed by atoms with E-state index in [2.05, 4.69) is 16.5 Å². The lowest BCUT2D eigenvalue weighted by Gasteiger charge is -2.04. The third kappa shape index (κ3) is 3.47. The van der Waals surface area contributed by atoms with Gasteiger partial charge >= 0.3 is 0 Å². The van der Waals surface area contributed by atoms with Gasteiger partial charge in [-0.2, -0.15) is 10.4 Å². The fourth-order valence-corrected chi connectivity index (χ4v) is 2.91. The van der Waals surface area contributed by atoms with E-state index in [9.17, 15) is 4.79 Å². The van der Waals surface area contributed by atoms with Crippen LogP contribution in [0.1, 0.15) is 16.8 Å². The molecule has 0 atom stereocenters. The van der Waals surface area contributed by atoms with Crippen molar-refractivity contribution in [1.82, 2.24) is 9.78 Å². The summed E-state index contributed by atoms with van der Waals surface area (Å²) in [5.74, 6) is -0.206. The number of carbonyl (C=O) groups is 1. The number of amides is 1. The molecule has 6 heteroatoms. The summed E-state index contributed by atoms with van der Waals surface area (Å²) in [4.78, 5) is 13.5. The Bertz CT molecular complexity index is 831. The summed E-state index contributed by atoms with van der Waals surface area (Å²) in [7, 11) is 0.